The van der Waals surface area contributed by atoms with Gasteiger partial charge >= 0.3 is 0 Å². The van der Waals surface area contributed by atoms with Crippen LogP contribution in [0.2, 0.25) is 10.0 Å². The Morgan fingerprint density at radius 3 is 2.70 bits per heavy atom. The summed E-state index contributed by atoms with van der Waals surface area (Å²) in [5.74, 6) is -0.183. The molecule has 0 unspecified atom stereocenters. The molecule has 4 aromatic rings. The van der Waals surface area contributed by atoms with Crippen LogP contribution in [0.5, 0.6) is 0 Å². The SMILES string of the molecule is Cc1cccc(-n2nc(-c3cccs3)cc2C(=O)NCCc2ccc(Cl)cc2Cl)c1. The number of benzene rings is 2. The van der Waals surface area contributed by atoms with Gasteiger partial charge in [0.05, 0.1) is 10.6 Å². The van der Waals surface area contributed by atoms with Crippen molar-refractivity contribution in [3.8, 4) is 16.3 Å². The zero-order valence-electron chi connectivity index (χ0n) is 16.2. The summed E-state index contributed by atoms with van der Waals surface area (Å²) in [6.07, 6.45) is 0.609. The fourth-order valence-corrected chi connectivity index (χ4v) is 4.35. The lowest BCUT2D eigenvalue weighted by molar-refractivity contribution is 0.0946. The number of halogens is 2. The molecular formula is C23H19Cl2N3OS. The molecule has 0 fully saturated rings. The number of thiophene rings is 1. The summed E-state index contributed by atoms with van der Waals surface area (Å²) in [7, 11) is 0. The van der Waals surface area contributed by atoms with Gasteiger partial charge in [0.15, 0.2) is 0 Å². The van der Waals surface area contributed by atoms with E-state index >= 15 is 0 Å². The number of carbonyl (C=O) groups is 1. The van der Waals surface area contributed by atoms with E-state index in [1.54, 1.807) is 28.2 Å². The Morgan fingerprint density at radius 1 is 1.10 bits per heavy atom. The quantitative estimate of drug-likeness (QED) is 0.376. The fourth-order valence-electron chi connectivity index (χ4n) is 3.17. The van der Waals surface area contributed by atoms with Crippen molar-refractivity contribution in [1.29, 1.82) is 0 Å². The molecule has 0 aliphatic heterocycles. The standard InChI is InChI=1S/C23H19Cl2N3OS/c1-15-4-2-5-18(12-15)28-21(14-20(27-28)22-6-3-11-30-22)23(29)26-10-9-16-7-8-17(24)13-19(16)25/h2-8,11-14H,9-10H2,1H3,(H,26,29). The third-order valence-corrected chi connectivity index (χ3v) is 6.14. The first-order valence-electron chi connectivity index (χ1n) is 9.44. The third kappa shape index (κ3) is 4.59. The van der Waals surface area contributed by atoms with E-state index in [1.807, 2.05) is 60.8 Å². The zero-order valence-corrected chi connectivity index (χ0v) is 18.6. The molecular weight excluding hydrogens is 437 g/mol. The van der Waals surface area contributed by atoms with Crippen LogP contribution in [-0.2, 0) is 6.42 Å². The predicted octanol–water partition coefficient (Wildman–Crippen LogP) is 6.19. The first kappa shape index (κ1) is 20.7. The molecule has 0 aliphatic rings. The van der Waals surface area contributed by atoms with Crippen LogP contribution in [0.15, 0.2) is 66.0 Å². The van der Waals surface area contributed by atoms with Gasteiger partial charge in [-0.15, -0.1) is 11.3 Å². The molecule has 0 radical (unpaired) electrons. The van der Waals surface area contributed by atoms with Crippen molar-refractivity contribution in [2.24, 2.45) is 0 Å². The van der Waals surface area contributed by atoms with Gasteiger partial charge in [-0.1, -0.05) is 47.5 Å². The van der Waals surface area contributed by atoms with Crippen LogP contribution in [0, 0.1) is 6.92 Å². The minimum absolute atomic E-state index is 0.183. The number of hydrogen-bond donors (Lipinski definition) is 1. The molecule has 1 amide bonds. The Hall–Kier alpha value is -2.60. The summed E-state index contributed by atoms with van der Waals surface area (Å²) in [5, 5.41) is 10.9. The highest BCUT2D eigenvalue weighted by Crippen LogP contribution is 2.26. The second kappa shape index (κ2) is 9.04. The Morgan fingerprint density at radius 2 is 1.97 bits per heavy atom. The number of hydrogen-bond acceptors (Lipinski definition) is 3. The van der Waals surface area contributed by atoms with Crippen molar-refractivity contribution in [3.63, 3.8) is 0 Å². The Labute approximate surface area is 189 Å². The van der Waals surface area contributed by atoms with E-state index in [-0.39, 0.29) is 5.91 Å². The molecule has 0 spiro atoms. The first-order valence-corrected chi connectivity index (χ1v) is 11.1. The Bertz CT molecular complexity index is 1190. The molecule has 2 aromatic heterocycles. The first-order chi connectivity index (χ1) is 14.5. The monoisotopic (exact) mass is 455 g/mol. The van der Waals surface area contributed by atoms with Crippen molar-refractivity contribution in [2.45, 2.75) is 13.3 Å². The average Bonchev–Trinajstić information content (AvgIpc) is 3.39. The lowest BCUT2D eigenvalue weighted by atomic mass is 10.1. The van der Waals surface area contributed by atoms with Gasteiger partial charge in [-0.25, -0.2) is 4.68 Å². The number of aromatic nitrogens is 2. The number of amides is 1. The van der Waals surface area contributed by atoms with Gasteiger partial charge < -0.3 is 5.32 Å². The van der Waals surface area contributed by atoms with Crippen LogP contribution in [0.3, 0.4) is 0 Å². The van der Waals surface area contributed by atoms with Gasteiger partial charge in [0.2, 0.25) is 0 Å². The molecule has 0 bridgehead atoms. The van der Waals surface area contributed by atoms with Crippen LogP contribution in [-0.4, -0.2) is 22.2 Å². The molecule has 152 valence electrons. The van der Waals surface area contributed by atoms with Crippen molar-refractivity contribution in [3.05, 3.63) is 92.9 Å². The molecule has 7 heteroatoms. The maximum absolute atomic E-state index is 13.0. The van der Waals surface area contributed by atoms with E-state index < -0.39 is 0 Å². The highest BCUT2D eigenvalue weighted by molar-refractivity contribution is 7.13. The molecule has 30 heavy (non-hydrogen) atoms. The molecule has 1 N–H and O–H groups in total. The number of carbonyl (C=O) groups excluding carboxylic acids is 1. The van der Waals surface area contributed by atoms with E-state index in [1.165, 1.54) is 0 Å². The van der Waals surface area contributed by atoms with Crippen LogP contribution in [0.4, 0.5) is 0 Å². The van der Waals surface area contributed by atoms with Crippen molar-refractivity contribution < 1.29 is 4.79 Å². The maximum Gasteiger partial charge on any atom is 0.270 e. The van der Waals surface area contributed by atoms with E-state index in [0.717, 1.165) is 27.4 Å². The zero-order chi connectivity index (χ0) is 21.1. The van der Waals surface area contributed by atoms with E-state index in [4.69, 9.17) is 28.3 Å². The summed E-state index contributed by atoms with van der Waals surface area (Å²) in [6.45, 7) is 2.47. The minimum atomic E-state index is -0.183. The summed E-state index contributed by atoms with van der Waals surface area (Å²) in [6, 6.07) is 19.1. The van der Waals surface area contributed by atoms with Gasteiger partial charge in [0.1, 0.15) is 11.4 Å². The summed E-state index contributed by atoms with van der Waals surface area (Å²) in [4.78, 5) is 14.0. The highest BCUT2D eigenvalue weighted by Gasteiger charge is 2.18. The molecule has 0 saturated carbocycles. The number of nitrogens with one attached hydrogen (secondary N) is 1. The molecule has 0 atom stereocenters. The summed E-state index contributed by atoms with van der Waals surface area (Å²) < 4.78 is 1.70. The minimum Gasteiger partial charge on any atom is -0.350 e. The van der Waals surface area contributed by atoms with Crippen LogP contribution in [0.1, 0.15) is 21.6 Å². The predicted molar refractivity (Wildman–Crippen MR) is 124 cm³/mol. The smallest absolute Gasteiger partial charge is 0.270 e. The van der Waals surface area contributed by atoms with Crippen LogP contribution < -0.4 is 5.32 Å². The lowest BCUT2D eigenvalue weighted by Gasteiger charge is -2.10. The second-order valence-electron chi connectivity index (χ2n) is 6.88. The largest absolute Gasteiger partial charge is 0.350 e. The summed E-state index contributed by atoms with van der Waals surface area (Å²) >= 11 is 13.8. The Balaban J connectivity index is 1.57. The van der Waals surface area contributed by atoms with Crippen LogP contribution in [0.25, 0.3) is 16.3 Å². The van der Waals surface area contributed by atoms with E-state index in [9.17, 15) is 4.79 Å². The van der Waals surface area contributed by atoms with Gasteiger partial charge in [0.25, 0.3) is 5.91 Å². The van der Waals surface area contributed by atoms with E-state index in [0.29, 0.717) is 28.7 Å². The van der Waals surface area contributed by atoms with Crippen molar-refractivity contribution in [1.82, 2.24) is 15.1 Å². The fraction of sp³-hybridized carbons (Fsp3) is 0.130. The lowest BCUT2D eigenvalue weighted by Crippen LogP contribution is -2.28. The molecule has 0 saturated heterocycles. The average molecular weight is 456 g/mol. The highest BCUT2D eigenvalue weighted by atomic mass is 35.5. The molecule has 0 aliphatic carbocycles. The summed E-state index contributed by atoms with van der Waals surface area (Å²) in [5.41, 5.74) is 4.16. The van der Waals surface area contributed by atoms with Gasteiger partial charge in [-0.2, -0.15) is 5.10 Å². The number of nitrogens with zero attached hydrogens (tertiary/aromatic N) is 2. The van der Waals surface area contributed by atoms with E-state index in [2.05, 4.69) is 5.32 Å². The molecule has 4 rings (SSSR count). The molecule has 2 heterocycles. The van der Waals surface area contributed by atoms with Gasteiger partial charge in [-0.05, 0) is 66.2 Å². The van der Waals surface area contributed by atoms with Gasteiger partial charge in [-0.3, -0.25) is 4.79 Å². The van der Waals surface area contributed by atoms with Crippen LogP contribution >= 0.6 is 34.5 Å². The molecule has 4 nitrogen and oxygen atoms in total. The maximum atomic E-state index is 13.0. The third-order valence-electron chi connectivity index (χ3n) is 4.66. The second-order valence-corrected chi connectivity index (χ2v) is 8.68. The number of aryl methyl sites for hydroxylation is 1. The van der Waals surface area contributed by atoms with Gasteiger partial charge in [0, 0.05) is 16.6 Å². The number of rotatable bonds is 6. The van der Waals surface area contributed by atoms with Crippen molar-refractivity contribution in [2.75, 3.05) is 6.54 Å². The Kier molecular flexibility index (Phi) is 6.23. The normalized spacial score (nSPS) is 10.9. The van der Waals surface area contributed by atoms with Crippen molar-refractivity contribution >= 4 is 40.4 Å². The topological polar surface area (TPSA) is 46.9 Å². The molecule has 2 aromatic carbocycles.